The fraction of sp³-hybridized carbons (Fsp3) is 0.455. The van der Waals surface area contributed by atoms with Gasteiger partial charge < -0.3 is 10.3 Å². The SMILES string of the molecule is C=CCCNc1cc(=O)[nH]c(C(C)C)n1. The van der Waals surface area contributed by atoms with Crippen LogP contribution in [0, 0.1) is 0 Å². The average molecular weight is 207 g/mol. The number of H-pyrrole nitrogens is 1. The summed E-state index contributed by atoms with van der Waals surface area (Å²) in [5.74, 6) is 1.56. The lowest BCUT2D eigenvalue weighted by molar-refractivity contribution is 0.766. The summed E-state index contributed by atoms with van der Waals surface area (Å²) in [4.78, 5) is 18.3. The summed E-state index contributed by atoms with van der Waals surface area (Å²) in [6.45, 7) is 8.36. The van der Waals surface area contributed by atoms with Gasteiger partial charge >= 0.3 is 0 Å². The first kappa shape index (κ1) is 11.5. The minimum Gasteiger partial charge on any atom is -0.370 e. The van der Waals surface area contributed by atoms with Crippen LogP contribution in [-0.2, 0) is 0 Å². The van der Waals surface area contributed by atoms with E-state index in [1.165, 1.54) is 6.07 Å². The molecule has 4 heteroatoms. The van der Waals surface area contributed by atoms with Crippen molar-refractivity contribution in [3.8, 4) is 0 Å². The summed E-state index contributed by atoms with van der Waals surface area (Å²) in [6, 6.07) is 1.47. The number of anilines is 1. The molecule has 0 aromatic carbocycles. The number of hydrogen-bond acceptors (Lipinski definition) is 3. The van der Waals surface area contributed by atoms with Gasteiger partial charge in [0, 0.05) is 18.5 Å². The van der Waals surface area contributed by atoms with Gasteiger partial charge in [0.25, 0.3) is 5.56 Å². The van der Waals surface area contributed by atoms with Gasteiger partial charge in [0.1, 0.15) is 11.6 Å². The second-order valence-corrected chi connectivity index (χ2v) is 3.67. The predicted octanol–water partition coefficient (Wildman–Crippen LogP) is 1.88. The van der Waals surface area contributed by atoms with Gasteiger partial charge in [-0.15, -0.1) is 6.58 Å². The lowest BCUT2D eigenvalue weighted by Gasteiger charge is -2.07. The van der Waals surface area contributed by atoms with Gasteiger partial charge in [-0.25, -0.2) is 4.98 Å². The summed E-state index contributed by atoms with van der Waals surface area (Å²) >= 11 is 0. The Balaban J connectivity index is 2.79. The molecule has 1 aromatic rings. The first-order chi connectivity index (χ1) is 7.13. The van der Waals surface area contributed by atoms with Gasteiger partial charge in [-0.1, -0.05) is 19.9 Å². The third kappa shape index (κ3) is 3.58. The van der Waals surface area contributed by atoms with Crippen molar-refractivity contribution < 1.29 is 0 Å². The Morgan fingerprint density at radius 1 is 1.67 bits per heavy atom. The number of aromatic nitrogens is 2. The van der Waals surface area contributed by atoms with Crippen LogP contribution >= 0.6 is 0 Å². The molecular formula is C11H17N3O. The first-order valence-corrected chi connectivity index (χ1v) is 5.09. The highest BCUT2D eigenvalue weighted by Gasteiger charge is 2.04. The minimum atomic E-state index is -0.116. The number of hydrogen-bond donors (Lipinski definition) is 2. The maximum atomic E-state index is 11.3. The zero-order chi connectivity index (χ0) is 11.3. The Labute approximate surface area is 89.4 Å². The highest BCUT2D eigenvalue weighted by Crippen LogP contribution is 2.08. The first-order valence-electron chi connectivity index (χ1n) is 5.09. The molecule has 0 unspecified atom stereocenters. The molecule has 15 heavy (non-hydrogen) atoms. The van der Waals surface area contributed by atoms with Gasteiger partial charge in [0.15, 0.2) is 0 Å². The fourth-order valence-electron chi connectivity index (χ4n) is 1.14. The Bertz CT molecular complexity index is 382. The third-order valence-electron chi connectivity index (χ3n) is 1.96. The van der Waals surface area contributed by atoms with Crippen LogP contribution in [0.2, 0.25) is 0 Å². The van der Waals surface area contributed by atoms with Crippen LogP contribution < -0.4 is 10.9 Å². The highest BCUT2D eigenvalue weighted by molar-refractivity contribution is 5.33. The van der Waals surface area contributed by atoms with Crippen LogP contribution in [0.4, 0.5) is 5.82 Å². The molecular weight excluding hydrogens is 190 g/mol. The number of nitrogens with zero attached hydrogens (tertiary/aromatic N) is 1. The molecule has 0 bridgehead atoms. The van der Waals surface area contributed by atoms with Gasteiger partial charge in [0.2, 0.25) is 0 Å². The molecule has 0 atom stereocenters. The van der Waals surface area contributed by atoms with E-state index in [0.717, 1.165) is 13.0 Å². The van der Waals surface area contributed by atoms with E-state index in [4.69, 9.17) is 0 Å². The van der Waals surface area contributed by atoms with Crippen molar-refractivity contribution in [1.29, 1.82) is 0 Å². The molecule has 0 radical (unpaired) electrons. The summed E-state index contributed by atoms with van der Waals surface area (Å²) in [6.07, 6.45) is 2.68. The zero-order valence-corrected chi connectivity index (χ0v) is 9.21. The van der Waals surface area contributed by atoms with Crippen molar-refractivity contribution in [1.82, 2.24) is 9.97 Å². The van der Waals surface area contributed by atoms with Crippen LogP contribution in [0.5, 0.6) is 0 Å². The standard InChI is InChI=1S/C11H17N3O/c1-4-5-6-12-9-7-10(15)14-11(13-9)8(2)3/h4,7-8H,1,5-6H2,2-3H3,(H2,12,13,14,15). The molecule has 1 rings (SSSR count). The number of aromatic amines is 1. The van der Waals surface area contributed by atoms with Crippen molar-refractivity contribution in [3.63, 3.8) is 0 Å². The smallest absolute Gasteiger partial charge is 0.252 e. The maximum absolute atomic E-state index is 11.3. The van der Waals surface area contributed by atoms with E-state index >= 15 is 0 Å². The van der Waals surface area contributed by atoms with Crippen molar-refractivity contribution in [2.24, 2.45) is 0 Å². The fourth-order valence-corrected chi connectivity index (χ4v) is 1.14. The molecule has 1 heterocycles. The summed E-state index contributed by atoms with van der Waals surface area (Å²) in [5, 5.41) is 3.08. The topological polar surface area (TPSA) is 57.8 Å². The molecule has 0 fully saturated rings. The van der Waals surface area contributed by atoms with Crippen molar-refractivity contribution in [2.45, 2.75) is 26.2 Å². The van der Waals surface area contributed by atoms with Gasteiger partial charge in [-0.3, -0.25) is 4.79 Å². The Hall–Kier alpha value is -1.58. The quantitative estimate of drug-likeness (QED) is 0.572. The molecule has 0 amide bonds. The molecule has 4 nitrogen and oxygen atoms in total. The minimum absolute atomic E-state index is 0.116. The summed E-state index contributed by atoms with van der Waals surface area (Å²) in [5.41, 5.74) is -0.116. The van der Waals surface area contributed by atoms with Crippen LogP contribution in [0.1, 0.15) is 32.0 Å². The molecule has 0 saturated heterocycles. The van der Waals surface area contributed by atoms with Crippen molar-refractivity contribution in [2.75, 3.05) is 11.9 Å². The average Bonchev–Trinajstić information content (AvgIpc) is 2.17. The Kier molecular flexibility index (Phi) is 4.09. The molecule has 0 aliphatic carbocycles. The van der Waals surface area contributed by atoms with Crippen LogP contribution in [0.3, 0.4) is 0 Å². The predicted molar refractivity (Wildman–Crippen MR) is 62.3 cm³/mol. The molecule has 0 aliphatic rings. The molecule has 1 aromatic heterocycles. The number of rotatable bonds is 5. The molecule has 2 N–H and O–H groups in total. The van der Waals surface area contributed by atoms with Crippen molar-refractivity contribution in [3.05, 3.63) is 34.9 Å². The van der Waals surface area contributed by atoms with Gasteiger partial charge in [-0.2, -0.15) is 0 Å². The second kappa shape index (κ2) is 5.34. The Morgan fingerprint density at radius 3 is 3.00 bits per heavy atom. The van der Waals surface area contributed by atoms with E-state index < -0.39 is 0 Å². The third-order valence-corrected chi connectivity index (χ3v) is 1.96. The molecule has 0 aliphatic heterocycles. The lowest BCUT2D eigenvalue weighted by atomic mass is 10.2. The lowest BCUT2D eigenvalue weighted by Crippen LogP contribution is -2.14. The zero-order valence-electron chi connectivity index (χ0n) is 9.21. The van der Waals surface area contributed by atoms with Crippen LogP contribution in [-0.4, -0.2) is 16.5 Å². The molecule has 82 valence electrons. The van der Waals surface area contributed by atoms with E-state index in [2.05, 4.69) is 21.9 Å². The van der Waals surface area contributed by atoms with E-state index in [1.54, 1.807) is 0 Å². The Morgan fingerprint density at radius 2 is 2.40 bits per heavy atom. The maximum Gasteiger partial charge on any atom is 0.252 e. The van der Waals surface area contributed by atoms with Crippen LogP contribution in [0.15, 0.2) is 23.5 Å². The molecule has 0 saturated carbocycles. The largest absolute Gasteiger partial charge is 0.370 e. The second-order valence-electron chi connectivity index (χ2n) is 3.67. The summed E-state index contributed by atoms with van der Waals surface area (Å²) < 4.78 is 0. The van der Waals surface area contributed by atoms with E-state index in [1.807, 2.05) is 19.9 Å². The van der Waals surface area contributed by atoms with Crippen LogP contribution in [0.25, 0.3) is 0 Å². The normalized spacial score (nSPS) is 10.3. The van der Waals surface area contributed by atoms with Crippen molar-refractivity contribution >= 4 is 5.82 Å². The van der Waals surface area contributed by atoms with Gasteiger partial charge in [-0.05, 0) is 6.42 Å². The molecule has 0 spiro atoms. The number of nitrogens with one attached hydrogen (secondary N) is 2. The monoisotopic (exact) mass is 207 g/mol. The highest BCUT2D eigenvalue weighted by atomic mass is 16.1. The van der Waals surface area contributed by atoms with E-state index in [9.17, 15) is 4.79 Å². The van der Waals surface area contributed by atoms with Gasteiger partial charge in [0.05, 0.1) is 0 Å². The summed E-state index contributed by atoms with van der Waals surface area (Å²) in [7, 11) is 0. The van der Waals surface area contributed by atoms with E-state index in [0.29, 0.717) is 11.6 Å². The van der Waals surface area contributed by atoms with E-state index in [-0.39, 0.29) is 11.5 Å².